The van der Waals surface area contributed by atoms with Gasteiger partial charge in [-0.05, 0) is 37.1 Å². The Balaban J connectivity index is 1.92. The lowest BCUT2D eigenvalue weighted by atomic mass is 10.2. The van der Waals surface area contributed by atoms with Gasteiger partial charge in [0.2, 0.25) is 5.88 Å². The van der Waals surface area contributed by atoms with E-state index in [0.717, 1.165) is 16.9 Å². The molecule has 3 aromatic rings. The van der Waals surface area contributed by atoms with E-state index in [0.29, 0.717) is 56.1 Å². The van der Waals surface area contributed by atoms with Crippen LogP contribution in [-0.2, 0) is 16.0 Å². The van der Waals surface area contributed by atoms with E-state index in [-0.39, 0.29) is 6.61 Å². The minimum atomic E-state index is -0.622. The average Bonchev–Trinajstić information content (AvgIpc) is 3.17. The van der Waals surface area contributed by atoms with Gasteiger partial charge in [0.1, 0.15) is 0 Å². The molecule has 1 aromatic heterocycles. The fourth-order valence-electron chi connectivity index (χ4n) is 3.85. The van der Waals surface area contributed by atoms with E-state index in [9.17, 15) is 5.11 Å². The maximum Gasteiger partial charge on any atom is 0.227 e. The lowest BCUT2D eigenvalue weighted by Gasteiger charge is -2.25. The summed E-state index contributed by atoms with van der Waals surface area (Å²) in [7, 11) is 3.30. The number of benzene rings is 2. The Kier molecular flexibility index (Phi) is 10.8. The normalized spacial score (nSPS) is 12.3. The molecule has 0 bridgehead atoms. The first-order chi connectivity index (χ1) is 17.4. The van der Waals surface area contributed by atoms with Crippen molar-refractivity contribution in [1.29, 1.82) is 0 Å². The Hall–Kier alpha value is -2.91. The fraction of sp³-hybridized carbons (Fsp3) is 0.464. The van der Waals surface area contributed by atoms with Crippen LogP contribution in [0.15, 0.2) is 54.6 Å². The van der Waals surface area contributed by atoms with E-state index in [4.69, 9.17) is 24.0 Å². The topological polar surface area (TPSA) is 78.2 Å². The maximum absolute atomic E-state index is 10.7. The molecule has 0 aliphatic heterocycles. The van der Waals surface area contributed by atoms with Crippen molar-refractivity contribution in [1.82, 2.24) is 14.7 Å². The number of ether oxygens (including phenoxy) is 4. The first-order valence-corrected chi connectivity index (χ1v) is 12.3. The number of rotatable bonds is 15. The largest absolute Gasteiger partial charge is 0.493 e. The first-order valence-electron chi connectivity index (χ1n) is 12.3. The number of para-hydroxylation sites is 3. The summed E-state index contributed by atoms with van der Waals surface area (Å²) in [5.74, 6) is 2.26. The molecule has 0 aliphatic rings. The molecule has 0 fully saturated rings. The van der Waals surface area contributed by atoms with E-state index in [2.05, 4.69) is 18.7 Å². The molecule has 0 amide bonds. The van der Waals surface area contributed by atoms with E-state index < -0.39 is 6.10 Å². The van der Waals surface area contributed by atoms with E-state index in [1.54, 1.807) is 14.2 Å². The van der Waals surface area contributed by atoms with Gasteiger partial charge in [0, 0.05) is 33.4 Å². The van der Waals surface area contributed by atoms with Gasteiger partial charge in [0.15, 0.2) is 11.5 Å². The Labute approximate surface area is 214 Å². The Morgan fingerprint density at radius 3 is 2.33 bits per heavy atom. The molecule has 3 rings (SSSR count). The highest BCUT2D eigenvalue weighted by molar-refractivity contribution is 5.47. The SMILES string of the molecule is COCCN(Cc1c(C)nn(-c2ccccc2)c1Oc1ccccc1OC)CC(O)COCC(C)C. The van der Waals surface area contributed by atoms with Crippen LogP contribution in [0.3, 0.4) is 0 Å². The van der Waals surface area contributed by atoms with Crippen molar-refractivity contribution in [2.24, 2.45) is 5.92 Å². The molecule has 36 heavy (non-hydrogen) atoms. The highest BCUT2D eigenvalue weighted by atomic mass is 16.5. The second-order valence-electron chi connectivity index (χ2n) is 9.18. The number of methoxy groups -OCH3 is 2. The number of aliphatic hydroxyl groups is 1. The maximum atomic E-state index is 10.7. The summed E-state index contributed by atoms with van der Waals surface area (Å²) in [6.07, 6.45) is -0.622. The monoisotopic (exact) mass is 497 g/mol. The van der Waals surface area contributed by atoms with Gasteiger partial charge >= 0.3 is 0 Å². The van der Waals surface area contributed by atoms with Crippen molar-refractivity contribution < 1.29 is 24.1 Å². The second kappa shape index (κ2) is 14.0. The third-order valence-corrected chi connectivity index (χ3v) is 5.64. The minimum absolute atomic E-state index is 0.286. The van der Waals surface area contributed by atoms with Crippen molar-refractivity contribution in [2.45, 2.75) is 33.4 Å². The molecule has 1 N–H and O–H groups in total. The van der Waals surface area contributed by atoms with Crippen molar-refractivity contribution in [3.8, 4) is 23.1 Å². The minimum Gasteiger partial charge on any atom is -0.493 e. The van der Waals surface area contributed by atoms with Crippen LogP contribution in [0.4, 0.5) is 0 Å². The van der Waals surface area contributed by atoms with Crippen LogP contribution < -0.4 is 9.47 Å². The van der Waals surface area contributed by atoms with Gasteiger partial charge in [-0.25, -0.2) is 4.68 Å². The lowest BCUT2D eigenvalue weighted by molar-refractivity contribution is 0.00323. The third-order valence-electron chi connectivity index (χ3n) is 5.64. The Morgan fingerprint density at radius 1 is 0.972 bits per heavy atom. The smallest absolute Gasteiger partial charge is 0.227 e. The molecular weight excluding hydrogens is 458 g/mol. The number of hydrogen-bond donors (Lipinski definition) is 1. The summed E-state index contributed by atoms with van der Waals surface area (Å²) < 4.78 is 24.8. The molecule has 8 heteroatoms. The molecule has 2 aromatic carbocycles. The Morgan fingerprint density at radius 2 is 1.67 bits per heavy atom. The van der Waals surface area contributed by atoms with Gasteiger partial charge < -0.3 is 24.1 Å². The molecule has 196 valence electrons. The summed E-state index contributed by atoms with van der Waals surface area (Å²) in [4.78, 5) is 2.14. The zero-order chi connectivity index (χ0) is 25.9. The first kappa shape index (κ1) is 27.7. The third kappa shape index (κ3) is 7.80. The van der Waals surface area contributed by atoms with Crippen LogP contribution in [0.2, 0.25) is 0 Å². The van der Waals surface area contributed by atoms with Crippen LogP contribution in [-0.4, -0.2) is 73.0 Å². The molecule has 1 heterocycles. The summed E-state index contributed by atoms with van der Waals surface area (Å²) in [6.45, 7) is 9.20. The van der Waals surface area contributed by atoms with Crippen LogP contribution in [0.5, 0.6) is 17.4 Å². The van der Waals surface area contributed by atoms with Gasteiger partial charge in [-0.2, -0.15) is 5.10 Å². The van der Waals surface area contributed by atoms with E-state index in [1.807, 2.05) is 66.2 Å². The highest BCUT2D eigenvalue weighted by Gasteiger charge is 2.23. The molecule has 1 atom stereocenters. The average molecular weight is 498 g/mol. The zero-order valence-corrected chi connectivity index (χ0v) is 22.0. The highest BCUT2D eigenvalue weighted by Crippen LogP contribution is 2.36. The van der Waals surface area contributed by atoms with Gasteiger partial charge in [-0.3, -0.25) is 4.90 Å². The summed E-state index contributed by atoms with van der Waals surface area (Å²) in [6, 6.07) is 17.4. The lowest BCUT2D eigenvalue weighted by Crippen LogP contribution is -2.37. The fourth-order valence-corrected chi connectivity index (χ4v) is 3.85. The predicted octanol–water partition coefficient (Wildman–Crippen LogP) is 4.46. The van der Waals surface area contributed by atoms with Crippen molar-refractivity contribution in [3.05, 3.63) is 65.9 Å². The van der Waals surface area contributed by atoms with Gasteiger partial charge in [0.25, 0.3) is 0 Å². The molecule has 0 radical (unpaired) electrons. The molecule has 8 nitrogen and oxygen atoms in total. The van der Waals surface area contributed by atoms with Crippen LogP contribution >= 0.6 is 0 Å². The van der Waals surface area contributed by atoms with Crippen LogP contribution in [0, 0.1) is 12.8 Å². The van der Waals surface area contributed by atoms with Gasteiger partial charge in [-0.15, -0.1) is 0 Å². The predicted molar refractivity (Wildman–Crippen MR) is 140 cm³/mol. The van der Waals surface area contributed by atoms with Crippen LogP contribution in [0.1, 0.15) is 25.1 Å². The zero-order valence-electron chi connectivity index (χ0n) is 22.0. The number of hydrogen-bond acceptors (Lipinski definition) is 7. The molecule has 0 saturated heterocycles. The summed E-state index contributed by atoms with van der Waals surface area (Å²) in [5.41, 5.74) is 2.66. The standard InChI is InChI=1S/C28H39N3O5/c1-21(2)19-35-20-24(32)17-30(15-16-33-4)18-25-22(3)29-31(23-11-7-6-8-12-23)28(25)36-27-14-10-9-13-26(27)34-5/h6-14,21,24,32H,15-20H2,1-5H3. The van der Waals surface area contributed by atoms with Crippen molar-refractivity contribution >= 4 is 0 Å². The molecule has 1 unspecified atom stereocenters. The van der Waals surface area contributed by atoms with Crippen molar-refractivity contribution in [3.63, 3.8) is 0 Å². The van der Waals surface area contributed by atoms with Crippen LogP contribution in [0.25, 0.3) is 5.69 Å². The summed E-state index contributed by atoms with van der Waals surface area (Å²) in [5, 5.41) is 15.5. The van der Waals surface area contributed by atoms with E-state index >= 15 is 0 Å². The van der Waals surface area contributed by atoms with Gasteiger partial charge in [-0.1, -0.05) is 44.2 Å². The quantitative estimate of drug-likeness (QED) is 0.332. The number of nitrogens with zero attached hydrogens (tertiary/aromatic N) is 3. The van der Waals surface area contributed by atoms with Gasteiger partial charge in [0.05, 0.1) is 43.4 Å². The Bertz CT molecular complexity index is 1050. The van der Waals surface area contributed by atoms with Crippen molar-refractivity contribution in [2.75, 3.05) is 47.1 Å². The number of aryl methyl sites for hydroxylation is 1. The molecule has 0 aliphatic carbocycles. The number of aliphatic hydroxyl groups excluding tert-OH is 1. The van der Waals surface area contributed by atoms with E-state index in [1.165, 1.54) is 0 Å². The number of aromatic nitrogens is 2. The summed E-state index contributed by atoms with van der Waals surface area (Å²) >= 11 is 0. The molecular formula is C28H39N3O5. The molecule has 0 saturated carbocycles. The molecule has 0 spiro atoms. The second-order valence-corrected chi connectivity index (χ2v) is 9.18.